The van der Waals surface area contributed by atoms with E-state index in [1.807, 2.05) is 38.1 Å². The maximum absolute atomic E-state index is 12.4. The molecule has 0 fully saturated rings. The smallest absolute Gasteiger partial charge is 0.338 e. The fraction of sp³-hybridized carbons (Fsp3) is 0.190. The van der Waals surface area contributed by atoms with Crippen LogP contribution in [-0.2, 0) is 18.0 Å². The number of rotatable bonds is 6. The van der Waals surface area contributed by atoms with Crippen molar-refractivity contribution in [1.82, 2.24) is 10.1 Å². The van der Waals surface area contributed by atoms with E-state index < -0.39 is 5.97 Å². The molecular formula is C21H18N2O5. The number of aryl methyl sites for hydroxylation is 2. The Morgan fingerprint density at radius 2 is 1.93 bits per heavy atom. The number of nitrogens with zero attached hydrogens (tertiary/aromatic N) is 2. The van der Waals surface area contributed by atoms with Gasteiger partial charge in [-0.1, -0.05) is 23.4 Å². The highest BCUT2D eigenvalue weighted by Gasteiger charge is 2.13. The molecule has 2 heterocycles. The maximum atomic E-state index is 12.4. The van der Waals surface area contributed by atoms with E-state index in [2.05, 4.69) is 10.1 Å². The maximum Gasteiger partial charge on any atom is 0.338 e. The molecule has 0 radical (unpaired) electrons. The minimum atomic E-state index is -0.481. The van der Waals surface area contributed by atoms with Crippen LogP contribution >= 0.6 is 0 Å². The van der Waals surface area contributed by atoms with Crippen LogP contribution in [0.25, 0.3) is 11.1 Å². The van der Waals surface area contributed by atoms with Crippen LogP contribution in [0.3, 0.4) is 0 Å². The Morgan fingerprint density at radius 3 is 2.71 bits per heavy atom. The van der Waals surface area contributed by atoms with E-state index in [9.17, 15) is 4.79 Å². The lowest BCUT2D eigenvalue weighted by Gasteiger charge is -2.08. The van der Waals surface area contributed by atoms with E-state index in [0.29, 0.717) is 35.2 Å². The van der Waals surface area contributed by atoms with Crippen molar-refractivity contribution in [3.05, 3.63) is 77.0 Å². The summed E-state index contributed by atoms with van der Waals surface area (Å²) in [5.41, 5.74) is 3.44. The predicted octanol–water partition coefficient (Wildman–Crippen LogP) is 4.37. The summed E-state index contributed by atoms with van der Waals surface area (Å²) in [6, 6.07) is 14.2. The Morgan fingerprint density at radius 1 is 1.07 bits per heavy atom. The van der Waals surface area contributed by atoms with Crippen molar-refractivity contribution >= 4 is 17.1 Å². The molecule has 0 N–H and O–H groups in total. The van der Waals surface area contributed by atoms with E-state index in [-0.39, 0.29) is 6.61 Å². The first-order chi connectivity index (χ1) is 13.6. The third kappa shape index (κ3) is 3.73. The van der Waals surface area contributed by atoms with Crippen molar-refractivity contribution in [3.8, 4) is 5.75 Å². The molecule has 2 aromatic heterocycles. The molecule has 0 saturated heterocycles. The molecule has 0 unspecified atom stereocenters. The van der Waals surface area contributed by atoms with Crippen LogP contribution in [0, 0.1) is 13.8 Å². The normalized spacial score (nSPS) is 10.9. The Kier molecular flexibility index (Phi) is 4.80. The van der Waals surface area contributed by atoms with Crippen LogP contribution in [0.5, 0.6) is 5.75 Å². The third-order valence-corrected chi connectivity index (χ3v) is 4.30. The van der Waals surface area contributed by atoms with E-state index in [0.717, 1.165) is 16.8 Å². The van der Waals surface area contributed by atoms with Gasteiger partial charge >= 0.3 is 5.97 Å². The van der Waals surface area contributed by atoms with Crippen LogP contribution in [0.1, 0.15) is 33.3 Å². The fourth-order valence-corrected chi connectivity index (χ4v) is 2.77. The van der Waals surface area contributed by atoms with Gasteiger partial charge in [-0.3, -0.25) is 0 Å². The number of oxazole rings is 1. The molecule has 4 aromatic rings. The largest absolute Gasteiger partial charge is 0.489 e. The summed E-state index contributed by atoms with van der Waals surface area (Å²) in [5.74, 6) is 1.13. The zero-order valence-electron chi connectivity index (χ0n) is 15.5. The number of para-hydroxylation sites is 2. The highest BCUT2D eigenvalue weighted by atomic mass is 16.5. The second-order valence-corrected chi connectivity index (χ2v) is 6.27. The van der Waals surface area contributed by atoms with Crippen LogP contribution < -0.4 is 4.74 Å². The van der Waals surface area contributed by atoms with Gasteiger partial charge in [0.05, 0.1) is 16.8 Å². The molecule has 0 saturated carbocycles. The molecule has 4 rings (SSSR count). The molecule has 28 heavy (non-hydrogen) atoms. The molecule has 0 amide bonds. The van der Waals surface area contributed by atoms with Gasteiger partial charge in [0, 0.05) is 0 Å². The highest BCUT2D eigenvalue weighted by Crippen LogP contribution is 2.20. The first-order valence-corrected chi connectivity index (χ1v) is 8.76. The predicted molar refractivity (Wildman–Crippen MR) is 99.9 cm³/mol. The number of aromatic nitrogens is 2. The lowest BCUT2D eigenvalue weighted by Crippen LogP contribution is -2.06. The Balaban J connectivity index is 1.39. The zero-order chi connectivity index (χ0) is 19.5. The average molecular weight is 378 g/mol. The number of hydrogen-bond acceptors (Lipinski definition) is 7. The number of ether oxygens (including phenoxy) is 2. The third-order valence-electron chi connectivity index (χ3n) is 4.30. The second kappa shape index (κ2) is 7.56. The molecule has 7 heteroatoms. The summed E-state index contributed by atoms with van der Waals surface area (Å²) in [4.78, 5) is 16.6. The van der Waals surface area contributed by atoms with Crippen molar-refractivity contribution in [1.29, 1.82) is 0 Å². The monoisotopic (exact) mass is 378 g/mol. The topological polar surface area (TPSA) is 87.6 Å². The van der Waals surface area contributed by atoms with Gasteiger partial charge in [-0.2, -0.15) is 0 Å². The van der Waals surface area contributed by atoms with E-state index in [1.54, 1.807) is 24.3 Å². The van der Waals surface area contributed by atoms with Crippen molar-refractivity contribution in [3.63, 3.8) is 0 Å². The number of carbonyl (C=O) groups excluding carboxylic acids is 1. The summed E-state index contributed by atoms with van der Waals surface area (Å²) in [6.07, 6.45) is 0. The molecule has 0 aliphatic carbocycles. The van der Waals surface area contributed by atoms with Gasteiger partial charge in [0.15, 0.2) is 12.2 Å². The van der Waals surface area contributed by atoms with E-state index >= 15 is 0 Å². The van der Waals surface area contributed by atoms with Crippen LogP contribution in [0.4, 0.5) is 0 Å². The number of hydrogen-bond donors (Lipinski definition) is 0. The van der Waals surface area contributed by atoms with Gasteiger partial charge in [-0.05, 0) is 44.2 Å². The molecule has 142 valence electrons. The molecule has 0 spiro atoms. The molecule has 0 aliphatic rings. The van der Waals surface area contributed by atoms with E-state index in [4.69, 9.17) is 18.4 Å². The van der Waals surface area contributed by atoms with Crippen molar-refractivity contribution in [2.75, 3.05) is 0 Å². The van der Waals surface area contributed by atoms with Gasteiger partial charge in [0.1, 0.15) is 23.6 Å². The standard InChI is InChI=1S/C21H18N2O5/c1-13-17(14(2)28-23-13)11-25-16-7-5-6-15(10-16)21(24)26-12-20-22-18-8-3-4-9-19(18)27-20/h3-10H,11-12H2,1-2H3. The highest BCUT2D eigenvalue weighted by molar-refractivity contribution is 5.89. The molecule has 0 atom stereocenters. The molecule has 0 aliphatic heterocycles. The number of carbonyl (C=O) groups is 1. The SMILES string of the molecule is Cc1noc(C)c1COc1cccc(C(=O)OCc2nc3ccccc3o2)c1. The summed E-state index contributed by atoms with van der Waals surface area (Å²) in [7, 11) is 0. The van der Waals surface area contributed by atoms with E-state index in [1.165, 1.54) is 0 Å². The molecule has 2 aromatic carbocycles. The lowest BCUT2D eigenvalue weighted by atomic mass is 10.2. The minimum absolute atomic E-state index is 0.0440. The average Bonchev–Trinajstić information content (AvgIpc) is 3.27. The van der Waals surface area contributed by atoms with Gasteiger partial charge in [0.2, 0.25) is 5.89 Å². The number of benzene rings is 2. The Labute approximate surface area is 160 Å². The van der Waals surface area contributed by atoms with Crippen LogP contribution in [0.2, 0.25) is 0 Å². The summed E-state index contributed by atoms with van der Waals surface area (Å²) >= 11 is 0. The van der Waals surface area contributed by atoms with Crippen molar-refractivity contribution in [2.24, 2.45) is 0 Å². The van der Waals surface area contributed by atoms with Gasteiger partial charge in [-0.25, -0.2) is 9.78 Å². The molecule has 7 nitrogen and oxygen atoms in total. The summed E-state index contributed by atoms with van der Waals surface area (Å²) < 4.78 is 21.8. The molecular weight excluding hydrogens is 360 g/mol. The van der Waals surface area contributed by atoms with Gasteiger partial charge < -0.3 is 18.4 Å². The quantitative estimate of drug-likeness (QED) is 0.460. The summed E-state index contributed by atoms with van der Waals surface area (Å²) in [5, 5.41) is 3.90. The zero-order valence-corrected chi connectivity index (χ0v) is 15.5. The molecule has 0 bridgehead atoms. The first-order valence-electron chi connectivity index (χ1n) is 8.76. The Hall–Kier alpha value is -3.61. The number of esters is 1. The number of fused-ring (bicyclic) bond motifs is 1. The Bertz CT molecular complexity index is 1080. The van der Waals surface area contributed by atoms with Crippen molar-refractivity contribution in [2.45, 2.75) is 27.1 Å². The van der Waals surface area contributed by atoms with Gasteiger partial charge in [0.25, 0.3) is 0 Å². The minimum Gasteiger partial charge on any atom is -0.489 e. The summed E-state index contributed by atoms with van der Waals surface area (Å²) in [6.45, 7) is 3.95. The second-order valence-electron chi connectivity index (χ2n) is 6.27. The van der Waals surface area contributed by atoms with Crippen molar-refractivity contribution < 1.29 is 23.2 Å². The van der Waals surface area contributed by atoms with Crippen LogP contribution in [0.15, 0.2) is 57.5 Å². The van der Waals surface area contributed by atoms with Gasteiger partial charge in [-0.15, -0.1) is 0 Å². The van der Waals surface area contributed by atoms with Crippen LogP contribution in [-0.4, -0.2) is 16.1 Å². The first kappa shape index (κ1) is 17.8. The lowest BCUT2D eigenvalue weighted by molar-refractivity contribution is 0.0440. The fourth-order valence-electron chi connectivity index (χ4n) is 2.77.